The Balaban J connectivity index is 0.00000841. The number of sulfone groups is 1. The maximum Gasteiger partial charge on any atom is 0.416 e. The SMILES string of the molecule is CCC(CNC(=NC)NCCS(=O)(=O)C(C)(C)C)Oc1cccc(C(F)(F)F)c1.I. The molecule has 0 aliphatic heterocycles. The van der Waals surface area contributed by atoms with Gasteiger partial charge in [-0.3, -0.25) is 4.99 Å². The summed E-state index contributed by atoms with van der Waals surface area (Å²) in [4.78, 5) is 4.02. The molecule has 1 aromatic rings. The van der Waals surface area contributed by atoms with E-state index in [1.807, 2.05) is 6.92 Å². The zero-order valence-corrected chi connectivity index (χ0v) is 21.0. The van der Waals surface area contributed by atoms with E-state index in [0.29, 0.717) is 18.9 Å². The number of nitrogens with zero attached hydrogens (tertiary/aromatic N) is 1. The van der Waals surface area contributed by atoms with Crippen molar-refractivity contribution in [2.75, 3.05) is 25.9 Å². The van der Waals surface area contributed by atoms with E-state index >= 15 is 0 Å². The fraction of sp³-hybridized carbons (Fsp3) is 0.632. The number of hydrogen-bond acceptors (Lipinski definition) is 4. The van der Waals surface area contributed by atoms with Gasteiger partial charge in [0.25, 0.3) is 0 Å². The number of hydrogen-bond donors (Lipinski definition) is 2. The summed E-state index contributed by atoms with van der Waals surface area (Å²) in [5, 5.41) is 5.93. The molecular weight excluding hydrogens is 534 g/mol. The average Bonchev–Trinajstić information content (AvgIpc) is 2.61. The van der Waals surface area contributed by atoms with Crippen LogP contribution < -0.4 is 15.4 Å². The van der Waals surface area contributed by atoms with E-state index in [9.17, 15) is 21.6 Å². The fourth-order valence-electron chi connectivity index (χ4n) is 2.25. The summed E-state index contributed by atoms with van der Waals surface area (Å²) in [5.74, 6) is 0.475. The van der Waals surface area contributed by atoms with Gasteiger partial charge < -0.3 is 15.4 Å². The monoisotopic (exact) mass is 565 g/mol. The average molecular weight is 565 g/mol. The van der Waals surface area contributed by atoms with Gasteiger partial charge in [0, 0.05) is 13.6 Å². The van der Waals surface area contributed by atoms with E-state index in [2.05, 4.69) is 15.6 Å². The van der Waals surface area contributed by atoms with Gasteiger partial charge in [-0.05, 0) is 45.4 Å². The van der Waals surface area contributed by atoms with Gasteiger partial charge in [-0.1, -0.05) is 13.0 Å². The van der Waals surface area contributed by atoms with Crippen molar-refractivity contribution in [2.24, 2.45) is 4.99 Å². The molecule has 0 aliphatic rings. The molecule has 1 rings (SSSR count). The van der Waals surface area contributed by atoms with Crippen molar-refractivity contribution in [1.29, 1.82) is 0 Å². The van der Waals surface area contributed by atoms with Crippen LogP contribution >= 0.6 is 24.0 Å². The molecule has 0 aliphatic carbocycles. The smallest absolute Gasteiger partial charge is 0.416 e. The molecule has 2 N–H and O–H groups in total. The van der Waals surface area contributed by atoms with Crippen molar-refractivity contribution < 1.29 is 26.3 Å². The molecule has 1 unspecified atom stereocenters. The maximum absolute atomic E-state index is 12.8. The van der Waals surface area contributed by atoms with Crippen LogP contribution in [0.25, 0.3) is 0 Å². The van der Waals surface area contributed by atoms with Gasteiger partial charge in [0.2, 0.25) is 0 Å². The Kier molecular flexibility index (Phi) is 11.5. The molecule has 174 valence electrons. The van der Waals surface area contributed by atoms with Crippen LogP contribution in [0.15, 0.2) is 29.3 Å². The van der Waals surface area contributed by atoms with Crippen LogP contribution in [-0.2, 0) is 16.0 Å². The molecular formula is C19H31F3IN3O3S. The zero-order chi connectivity index (χ0) is 22.3. The van der Waals surface area contributed by atoms with Gasteiger partial charge in [-0.25, -0.2) is 8.42 Å². The number of aliphatic imine (C=N–C) groups is 1. The topological polar surface area (TPSA) is 79.8 Å². The molecule has 0 heterocycles. The molecule has 0 aromatic heterocycles. The highest BCUT2D eigenvalue weighted by molar-refractivity contribution is 14.0. The minimum Gasteiger partial charge on any atom is -0.489 e. The summed E-state index contributed by atoms with van der Waals surface area (Å²) < 4.78 is 67.6. The highest BCUT2D eigenvalue weighted by Gasteiger charge is 2.31. The molecule has 11 heteroatoms. The summed E-state index contributed by atoms with van der Waals surface area (Å²) in [6.07, 6.45) is -4.27. The van der Waals surface area contributed by atoms with Crippen LogP contribution in [0.3, 0.4) is 0 Å². The first-order valence-electron chi connectivity index (χ1n) is 9.31. The number of nitrogens with one attached hydrogen (secondary N) is 2. The van der Waals surface area contributed by atoms with Crippen molar-refractivity contribution >= 4 is 39.8 Å². The van der Waals surface area contributed by atoms with E-state index in [4.69, 9.17) is 4.74 Å². The van der Waals surface area contributed by atoms with Crippen LogP contribution in [0.1, 0.15) is 39.7 Å². The molecule has 0 radical (unpaired) electrons. The van der Waals surface area contributed by atoms with Crippen LogP contribution in [0.2, 0.25) is 0 Å². The highest BCUT2D eigenvalue weighted by atomic mass is 127. The molecule has 0 saturated carbocycles. The third-order valence-electron chi connectivity index (χ3n) is 4.24. The molecule has 6 nitrogen and oxygen atoms in total. The van der Waals surface area contributed by atoms with Gasteiger partial charge in [0.1, 0.15) is 11.9 Å². The number of ether oxygens (including phenoxy) is 1. The molecule has 0 saturated heterocycles. The van der Waals surface area contributed by atoms with E-state index in [0.717, 1.165) is 12.1 Å². The Hall–Kier alpha value is -1.24. The molecule has 1 atom stereocenters. The largest absolute Gasteiger partial charge is 0.489 e. The van der Waals surface area contributed by atoms with Crippen LogP contribution in [0.5, 0.6) is 5.75 Å². The van der Waals surface area contributed by atoms with E-state index in [1.165, 1.54) is 12.1 Å². The summed E-state index contributed by atoms with van der Waals surface area (Å²) in [5.41, 5.74) is -0.768. The third-order valence-corrected chi connectivity index (χ3v) is 6.84. The van der Waals surface area contributed by atoms with Gasteiger partial charge in [-0.2, -0.15) is 13.2 Å². The summed E-state index contributed by atoms with van der Waals surface area (Å²) in [6, 6.07) is 4.73. The van der Waals surface area contributed by atoms with Crippen molar-refractivity contribution in [2.45, 2.75) is 51.1 Å². The second kappa shape index (κ2) is 12.0. The first-order valence-corrected chi connectivity index (χ1v) is 11.0. The van der Waals surface area contributed by atoms with Gasteiger partial charge >= 0.3 is 6.18 Å². The van der Waals surface area contributed by atoms with Crippen molar-refractivity contribution in [3.05, 3.63) is 29.8 Å². The van der Waals surface area contributed by atoms with Crippen molar-refractivity contribution in [1.82, 2.24) is 10.6 Å². The second-order valence-electron chi connectivity index (χ2n) is 7.48. The molecule has 30 heavy (non-hydrogen) atoms. The Morgan fingerprint density at radius 3 is 2.33 bits per heavy atom. The predicted molar refractivity (Wildman–Crippen MR) is 124 cm³/mol. The maximum atomic E-state index is 12.8. The van der Waals surface area contributed by atoms with E-state index in [1.54, 1.807) is 27.8 Å². The number of alkyl halides is 3. The second-order valence-corrected chi connectivity index (χ2v) is 10.3. The molecule has 0 amide bonds. The molecule has 1 aromatic carbocycles. The van der Waals surface area contributed by atoms with Gasteiger partial charge in [0.05, 0.1) is 22.6 Å². The van der Waals surface area contributed by atoms with Crippen LogP contribution in [0, 0.1) is 0 Å². The van der Waals surface area contributed by atoms with E-state index in [-0.39, 0.29) is 42.0 Å². The quantitative estimate of drug-likeness (QED) is 0.285. The minimum atomic E-state index is -4.43. The predicted octanol–water partition coefficient (Wildman–Crippen LogP) is 3.86. The standard InChI is InChI=1S/C19H30F3N3O3S.HI/c1-6-15(28-16-9-7-8-14(12-16)19(20,21)22)13-25-17(23-5)24-10-11-29(26,27)18(2,3)4;/h7-9,12,15H,6,10-11,13H2,1-5H3,(H2,23,24,25);1H. The number of halogens is 4. The third kappa shape index (κ3) is 9.27. The lowest BCUT2D eigenvalue weighted by Gasteiger charge is -2.22. The fourth-order valence-corrected chi connectivity index (χ4v) is 3.23. The minimum absolute atomic E-state index is 0. The highest BCUT2D eigenvalue weighted by Crippen LogP contribution is 2.31. The molecule has 0 fully saturated rings. The molecule has 0 spiro atoms. The van der Waals surface area contributed by atoms with Crippen molar-refractivity contribution in [3.8, 4) is 5.75 Å². The summed E-state index contributed by atoms with van der Waals surface area (Å²) >= 11 is 0. The lowest BCUT2D eigenvalue weighted by atomic mass is 10.2. The van der Waals surface area contributed by atoms with Crippen molar-refractivity contribution in [3.63, 3.8) is 0 Å². The van der Waals surface area contributed by atoms with Crippen LogP contribution in [-0.4, -0.2) is 51.1 Å². The Morgan fingerprint density at radius 2 is 1.83 bits per heavy atom. The summed E-state index contributed by atoms with van der Waals surface area (Å²) in [6.45, 7) is 7.26. The first-order chi connectivity index (χ1) is 13.3. The number of rotatable bonds is 8. The lowest BCUT2D eigenvalue weighted by Crippen LogP contribution is -2.44. The Bertz CT molecular complexity index is 794. The van der Waals surface area contributed by atoms with Gasteiger partial charge in [-0.15, -0.1) is 24.0 Å². The van der Waals surface area contributed by atoms with Crippen LogP contribution in [0.4, 0.5) is 13.2 Å². The lowest BCUT2D eigenvalue weighted by molar-refractivity contribution is -0.137. The van der Waals surface area contributed by atoms with Gasteiger partial charge in [0.15, 0.2) is 15.8 Å². The number of benzene rings is 1. The Morgan fingerprint density at radius 1 is 1.20 bits per heavy atom. The number of guanidine groups is 1. The first kappa shape index (κ1) is 28.8. The molecule has 0 bridgehead atoms. The zero-order valence-electron chi connectivity index (χ0n) is 17.8. The summed E-state index contributed by atoms with van der Waals surface area (Å²) in [7, 11) is -1.71. The Labute approximate surface area is 194 Å². The normalized spacial score (nSPS) is 13.9. The van der Waals surface area contributed by atoms with E-state index < -0.39 is 32.4 Å².